The molecule has 2 saturated heterocycles. The van der Waals surface area contributed by atoms with Crippen molar-refractivity contribution < 1.29 is 14.3 Å². The van der Waals surface area contributed by atoms with E-state index in [9.17, 15) is 9.59 Å². The van der Waals surface area contributed by atoms with Crippen molar-refractivity contribution in [3.05, 3.63) is 24.3 Å². The lowest BCUT2D eigenvalue weighted by Crippen LogP contribution is -2.64. The first-order valence-electron chi connectivity index (χ1n) is 6.11. The fourth-order valence-corrected chi connectivity index (χ4v) is 2.50. The number of fused-ring (bicyclic) bond motifs is 1. The summed E-state index contributed by atoms with van der Waals surface area (Å²) >= 11 is 0. The molecule has 3 N–H and O–H groups in total. The first kappa shape index (κ1) is 12.0. The summed E-state index contributed by atoms with van der Waals surface area (Å²) in [5.74, 6) is -0.233. The van der Waals surface area contributed by atoms with E-state index in [1.807, 2.05) is 6.92 Å². The number of hydrogen-bond acceptors (Lipinski definition) is 4. The Balaban J connectivity index is 1.99. The van der Waals surface area contributed by atoms with Crippen LogP contribution in [0.1, 0.15) is 6.92 Å². The zero-order valence-corrected chi connectivity index (χ0v) is 10.6. The highest BCUT2D eigenvalue weighted by Gasteiger charge is 2.54. The van der Waals surface area contributed by atoms with E-state index in [-0.39, 0.29) is 11.9 Å². The predicted molar refractivity (Wildman–Crippen MR) is 69.6 cm³/mol. The summed E-state index contributed by atoms with van der Waals surface area (Å²) in [6.45, 7) is 2.52. The van der Waals surface area contributed by atoms with Crippen LogP contribution in [0.3, 0.4) is 0 Å². The molecule has 0 aliphatic carbocycles. The normalized spacial score (nSPS) is 30.2. The van der Waals surface area contributed by atoms with E-state index in [0.29, 0.717) is 24.6 Å². The quantitative estimate of drug-likeness (QED) is 0.730. The van der Waals surface area contributed by atoms with Gasteiger partial charge < -0.3 is 15.8 Å². The van der Waals surface area contributed by atoms with Gasteiger partial charge in [0.15, 0.2) is 0 Å². The van der Waals surface area contributed by atoms with Crippen molar-refractivity contribution in [2.75, 3.05) is 23.8 Å². The summed E-state index contributed by atoms with van der Waals surface area (Å²) in [7, 11) is 0. The van der Waals surface area contributed by atoms with Gasteiger partial charge in [0.2, 0.25) is 5.91 Å². The van der Waals surface area contributed by atoms with Crippen molar-refractivity contribution in [3.63, 3.8) is 0 Å². The number of rotatable bonds is 1. The third-order valence-corrected chi connectivity index (χ3v) is 3.80. The number of nitrogens with two attached hydrogens (primary N) is 1. The molecule has 3 amide bonds. The molecule has 2 unspecified atom stereocenters. The number of nitrogens with zero attached hydrogens (tertiary/aromatic N) is 1. The Morgan fingerprint density at radius 3 is 2.74 bits per heavy atom. The summed E-state index contributed by atoms with van der Waals surface area (Å²) < 4.78 is 5.33. The molecule has 2 heterocycles. The summed E-state index contributed by atoms with van der Waals surface area (Å²) in [5.41, 5.74) is 6.02. The Kier molecular flexibility index (Phi) is 2.50. The van der Waals surface area contributed by atoms with Crippen LogP contribution in [0.4, 0.5) is 16.2 Å². The molecule has 6 nitrogen and oxygen atoms in total. The second-order valence-corrected chi connectivity index (χ2v) is 5.17. The van der Waals surface area contributed by atoms with Crippen molar-refractivity contribution in [2.24, 2.45) is 5.41 Å². The Hall–Kier alpha value is -2.08. The van der Waals surface area contributed by atoms with Gasteiger partial charge in [0, 0.05) is 5.69 Å². The third kappa shape index (κ3) is 1.67. The average Bonchev–Trinajstić information content (AvgIpc) is 2.75. The molecule has 0 spiro atoms. The van der Waals surface area contributed by atoms with Crippen LogP contribution in [0.15, 0.2) is 24.3 Å². The molecule has 2 aliphatic heterocycles. The van der Waals surface area contributed by atoms with E-state index < -0.39 is 11.4 Å². The van der Waals surface area contributed by atoms with Gasteiger partial charge in [-0.25, -0.2) is 9.69 Å². The number of urea groups is 1. The molecular formula is C13H15N3O3. The summed E-state index contributed by atoms with van der Waals surface area (Å²) in [4.78, 5) is 25.8. The first-order chi connectivity index (χ1) is 9.02. The van der Waals surface area contributed by atoms with E-state index in [1.165, 1.54) is 0 Å². The molecule has 1 aromatic rings. The predicted octanol–water partition coefficient (Wildman–Crippen LogP) is 0.730. The van der Waals surface area contributed by atoms with Crippen LogP contribution < -0.4 is 16.0 Å². The summed E-state index contributed by atoms with van der Waals surface area (Å²) in [6.07, 6.45) is 0. The standard InChI is InChI=1S/C13H15N3O3/c1-13-7-19-6-10(13)15-12(18)16(11(13)17)9-4-2-8(14)3-5-9/h2-5,10H,6-7,14H2,1H3,(H,15,18). The minimum atomic E-state index is -0.699. The van der Waals surface area contributed by atoms with Gasteiger partial charge in [-0.3, -0.25) is 4.79 Å². The van der Waals surface area contributed by atoms with Gasteiger partial charge >= 0.3 is 6.03 Å². The van der Waals surface area contributed by atoms with Crippen LogP contribution in [0.25, 0.3) is 0 Å². The lowest BCUT2D eigenvalue weighted by atomic mass is 9.82. The summed E-state index contributed by atoms with van der Waals surface area (Å²) in [6, 6.07) is 5.98. The zero-order chi connectivity index (χ0) is 13.6. The number of anilines is 2. The van der Waals surface area contributed by atoms with E-state index in [0.717, 1.165) is 4.90 Å². The van der Waals surface area contributed by atoms with Gasteiger partial charge in [0.25, 0.3) is 0 Å². The maximum Gasteiger partial charge on any atom is 0.329 e. The Morgan fingerprint density at radius 2 is 2.05 bits per heavy atom. The van der Waals surface area contributed by atoms with Crippen LogP contribution in [0.5, 0.6) is 0 Å². The van der Waals surface area contributed by atoms with Crippen molar-refractivity contribution in [1.29, 1.82) is 0 Å². The third-order valence-electron chi connectivity index (χ3n) is 3.80. The van der Waals surface area contributed by atoms with Gasteiger partial charge in [-0.1, -0.05) is 0 Å². The number of imide groups is 1. The summed E-state index contributed by atoms with van der Waals surface area (Å²) in [5, 5.41) is 2.82. The van der Waals surface area contributed by atoms with Crippen LogP contribution in [0.2, 0.25) is 0 Å². The van der Waals surface area contributed by atoms with Gasteiger partial charge in [-0.2, -0.15) is 0 Å². The second-order valence-electron chi connectivity index (χ2n) is 5.17. The van der Waals surface area contributed by atoms with Crippen LogP contribution in [-0.4, -0.2) is 31.2 Å². The number of ether oxygens (including phenoxy) is 1. The first-order valence-corrected chi connectivity index (χ1v) is 6.11. The molecule has 0 saturated carbocycles. The number of carbonyl (C=O) groups is 2. The lowest BCUT2D eigenvalue weighted by molar-refractivity contribution is -0.128. The molecule has 0 bridgehead atoms. The molecule has 0 aromatic heterocycles. The SMILES string of the molecule is CC12COCC1NC(=O)N(c1ccc(N)cc1)C2=O. The fourth-order valence-electron chi connectivity index (χ4n) is 2.50. The van der Waals surface area contributed by atoms with E-state index in [2.05, 4.69) is 5.32 Å². The number of nitrogens with one attached hydrogen (secondary N) is 1. The zero-order valence-electron chi connectivity index (χ0n) is 10.6. The monoisotopic (exact) mass is 261 g/mol. The molecule has 6 heteroatoms. The number of amides is 3. The van der Waals surface area contributed by atoms with Crippen molar-refractivity contribution in [3.8, 4) is 0 Å². The second kappa shape index (κ2) is 3.96. The van der Waals surface area contributed by atoms with E-state index >= 15 is 0 Å². The highest BCUT2D eigenvalue weighted by molar-refractivity contribution is 6.18. The molecule has 2 aliphatic rings. The number of benzene rings is 1. The number of nitrogen functional groups attached to an aromatic ring is 1. The molecule has 100 valence electrons. The molecule has 2 fully saturated rings. The maximum atomic E-state index is 12.6. The van der Waals surface area contributed by atoms with Gasteiger partial charge in [-0.15, -0.1) is 0 Å². The van der Waals surface area contributed by atoms with Crippen LogP contribution in [-0.2, 0) is 9.53 Å². The van der Waals surface area contributed by atoms with Crippen LogP contribution >= 0.6 is 0 Å². The molecular weight excluding hydrogens is 246 g/mol. The highest BCUT2D eigenvalue weighted by atomic mass is 16.5. The highest BCUT2D eigenvalue weighted by Crippen LogP contribution is 2.36. The smallest absolute Gasteiger partial charge is 0.329 e. The number of hydrogen-bond donors (Lipinski definition) is 2. The molecule has 2 atom stereocenters. The number of carbonyl (C=O) groups excluding carboxylic acids is 2. The Morgan fingerprint density at radius 1 is 1.37 bits per heavy atom. The minimum absolute atomic E-state index is 0.233. The Bertz CT molecular complexity index is 543. The fraction of sp³-hybridized carbons (Fsp3) is 0.385. The van der Waals surface area contributed by atoms with Gasteiger partial charge in [0.1, 0.15) is 0 Å². The molecule has 0 radical (unpaired) electrons. The van der Waals surface area contributed by atoms with Gasteiger partial charge in [-0.05, 0) is 31.2 Å². The molecule has 1 aromatic carbocycles. The van der Waals surface area contributed by atoms with Crippen molar-refractivity contribution >= 4 is 23.3 Å². The van der Waals surface area contributed by atoms with Gasteiger partial charge in [0.05, 0.1) is 30.4 Å². The lowest BCUT2D eigenvalue weighted by Gasteiger charge is -2.39. The molecule has 3 rings (SSSR count). The van der Waals surface area contributed by atoms with Crippen molar-refractivity contribution in [2.45, 2.75) is 13.0 Å². The molecule has 19 heavy (non-hydrogen) atoms. The van der Waals surface area contributed by atoms with E-state index in [4.69, 9.17) is 10.5 Å². The van der Waals surface area contributed by atoms with E-state index in [1.54, 1.807) is 24.3 Å². The average molecular weight is 261 g/mol. The Labute approximate surface area is 110 Å². The minimum Gasteiger partial charge on any atom is -0.399 e. The largest absolute Gasteiger partial charge is 0.399 e. The van der Waals surface area contributed by atoms with Crippen LogP contribution in [0, 0.1) is 5.41 Å². The maximum absolute atomic E-state index is 12.6. The topological polar surface area (TPSA) is 84.7 Å². The van der Waals surface area contributed by atoms with Crippen molar-refractivity contribution in [1.82, 2.24) is 5.32 Å².